The van der Waals surface area contributed by atoms with Gasteiger partial charge in [0.2, 0.25) is 10.0 Å². The van der Waals surface area contributed by atoms with Gasteiger partial charge < -0.3 is 9.73 Å². The van der Waals surface area contributed by atoms with Crippen molar-refractivity contribution in [3.05, 3.63) is 16.5 Å². The molecule has 0 spiro atoms. The Morgan fingerprint density at radius 2 is 2.18 bits per heavy atom. The minimum atomic E-state index is -3.52. The predicted molar refractivity (Wildman–Crippen MR) is 69.2 cm³/mol. The van der Waals surface area contributed by atoms with E-state index in [-0.39, 0.29) is 15.6 Å². The number of nitrogens with one attached hydrogen (secondary N) is 2. The van der Waals surface area contributed by atoms with Crippen LogP contribution in [0.25, 0.3) is 0 Å². The van der Waals surface area contributed by atoms with Crippen LogP contribution in [0, 0.1) is 0 Å². The molecule has 1 heterocycles. The highest BCUT2D eigenvalue weighted by Gasteiger charge is 2.23. The maximum atomic E-state index is 12.0. The lowest BCUT2D eigenvalue weighted by Gasteiger charge is -2.10. The van der Waals surface area contributed by atoms with Crippen LogP contribution < -0.4 is 10.0 Å². The molecule has 1 aromatic heterocycles. The zero-order valence-corrected chi connectivity index (χ0v) is 12.5. The summed E-state index contributed by atoms with van der Waals surface area (Å²) in [5.41, 5.74) is 0. The van der Waals surface area contributed by atoms with E-state index >= 15 is 0 Å². The van der Waals surface area contributed by atoms with Crippen molar-refractivity contribution in [2.75, 3.05) is 7.05 Å². The molecule has 1 rings (SSSR count). The molecule has 1 aromatic rings. The van der Waals surface area contributed by atoms with E-state index in [1.165, 1.54) is 6.07 Å². The summed E-state index contributed by atoms with van der Waals surface area (Å²) in [6.07, 6.45) is 0.734. The molecule has 0 aliphatic heterocycles. The second-order valence-electron chi connectivity index (χ2n) is 3.81. The molecule has 0 fully saturated rings. The van der Waals surface area contributed by atoms with Gasteiger partial charge in [-0.25, -0.2) is 13.1 Å². The van der Waals surface area contributed by atoms with E-state index in [0.29, 0.717) is 12.3 Å². The summed E-state index contributed by atoms with van der Waals surface area (Å²) < 4.78 is 32.1. The largest absolute Gasteiger partial charge is 0.452 e. The van der Waals surface area contributed by atoms with Gasteiger partial charge in [-0.2, -0.15) is 0 Å². The Labute approximate surface area is 110 Å². The predicted octanol–water partition coefficient (Wildman–Crippen LogP) is 1.84. The van der Waals surface area contributed by atoms with Gasteiger partial charge in [0.1, 0.15) is 10.7 Å². The second kappa shape index (κ2) is 5.99. The molecule has 0 bridgehead atoms. The second-order valence-corrected chi connectivity index (χ2v) is 6.21. The fourth-order valence-electron chi connectivity index (χ4n) is 1.25. The Morgan fingerprint density at radius 3 is 2.71 bits per heavy atom. The Balaban J connectivity index is 2.98. The lowest BCUT2D eigenvalue weighted by Crippen LogP contribution is -2.31. The Kier molecular flexibility index (Phi) is 5.18. The molecule has 0 aliphatic carbocycles. The molecule has 1 atom stereocenters. The van der Waals surface area contributed by atoms with E-state index in [9.17, 15) is 8.42 Å². The highest BCUT2D eigenvalue weighted by atomic mass is 79.9. The zero-order chi connectivity index (χ0) is 13.1. The van der Waals surface area contributed by atoms with Crippen molar-refractivity contribution in [1.29, 1.82) is 0 Å². The van der Waals surface area contributed by atoms with Gasteiger partial charge in [0.05, 0.1) is 6.54 Å². The molecule has 1 unspecified atom stereocenters. The Morgan fingerprint density at radius 1 is 1.53 bits per heavy atom. The molecule has 98 valence electrons. The minimum absolute atomic E-state index is 0.102. The van der Waals surface area contributed by atoms with Crippen LogP contribution in [-0.4, -0.2) is 21.5 Å². The Bertz CT molecular complexity index is 470. The van der Waals surface area contributed by atoms with Gasteiger partial charge in [-0.15, -0.1) is 0 Å². The van der Waals surface area contributed by atoms with Crippen LogP contribution in [0.2, 0.25) is 0 Å². The first kappa shape index (κ1) is 14.7. The van der Waals surface area contributed by atoms with Crippen molar-refractivity contribution < 1.29 is 12.8 Å². The SMILES string of the molecule is CCC(C)NS(=O)(=O)c1cc(CNC)oc1Br. The van der Waals surface area contributed by atoms with Crippen LogP contribution in [0.1, 0.15) is 26.0 Å². The molecule has 2 N–H and O–H groups in total. The average Bonchev–Trinajstić information content (AvgIpc) is 2.60. The van der Waals surface area contributed by atoms with E-state index in [0.717, 1.165) is 6.42 Å². The van der Waals surface area contributed by atoms with Gasteiger partial charge in [-0.3, -0.25) is 0 Å². The third kappa shape index (κ3) is 3.80. The smallest absolute Gasteiger partial charge is 0.245 e. The third-order valence-corrected chi connectivity index (χ3v) is 4.76. The fraction of sp³-hybridized carbons (Fsp3) is 0.600. The monoisotopic (exact) mass is 324 g/mol. The van der Waals surface area contributed by atoms with Gasteiger partial charge in [-0.05, 0) is 36.3 Å². The molecule has 5 nitrogen and oxygen atoms in total. The van der Waals surface area contributed by atoms with E-state index in [1.807, 2.05) is 13.8 Å². The standard InChI is InChI=1S/C10H17BrN2O3S/c1-4-7(2)13-17(14,15)9-5-8(6-12-3)16-10(9)11/h5,7,12-13H,4,6H2,1-3H3. The van der Waals surface area contributed by atoms with E-state index in [2.05, 4.69) is 26.0 Å². The topological polar surface area (TPSA) is 71.3 Å². The van der Waals surface area contributed by atoms with E-state index in [1.54, 1.807) is 7.05 Å². The van der Waals surface area contributed by atoms with Crippen molar-refractivity contribution in [3.63, 3.8) is 0 Å². The average molecular weight is 325 g/mol. The summed E-state index contributed by atoms with van der Waals surface area (Å²) in [6, 6.07) is 1.42. The third-order valence-electron chi connectivity index (χ3n) is 2.32. The summed E-state index contributed by atoms with van der Waals surface area (Å²) >= 11 is 3.12. The first-order valence-corrected chi connectivity index (χ1v) is 7.63. The van der Waals surface area contributed by atoms with Crippen molar-refractivity contribution in [3.8, 4) is 0 Å². The number of furan rings is 1. The molecule has 7 heteroatoms. The molecule has 17 heavy (non-hydrogen) atoms. The number of halogens is 1. The summed E-state index contributed by atoms with van der Waals surface area (Å²) in [5, 5.41) is 2.90. The minimum Gasteiger partial charge on any atom is -0.452 e. The molecule has 0 aromatic carbocycles. The lowest BCUT2D eigenvalue weighted by atomic mass is 10.3. The maximum absolute atomic E-state index is 12.0. The molecular formula is C10H17BrN2O3S. The molecule has 0 aliphatic rings. The van der Waals surface area contributed by atoms with Gasteiger partial charge in [0, 0.05) is 12.1 Å². The zero-order valence-electron chi connectivity index (χ0n) is 10.1. The number of sulfonamides is 1. The molecule has 0 saturated carbocycles. The maximum Gasteiger partial charge on any atom is 0.245 e. The number of hydrogen-bond donors (Lipinski definition) is 2. The summed E-state index contributed by atoms with van der Waals surface area (Å²) in [7, 11) is -1.75. The van der Waals surface area contributed by atoms with Crippen LogP contribution in [0.15, 0.2) is 20.0 Å². The summed E-state index contributed by atoms with van der Waals surface area (Å²) in [6.45, 7) is 4.22. The quantitative estimate of drug-likeness (QED) is 0.837. The summed E-state index contributed by atoms with van der Waals surface area (Å²) in [5.74, 6) is 0.573. The highest BCUT2D eigenvalue weighted by molar-refractivity contribution is 9.10. The summed E-state index contributed by atoms with van der Waals surface area (Å²) in [4.78, 5) is 0.142. The first-order chi connectivity index (χ1) is 7.90. The normalized spacial score (nSPS) is 13.9. The van der Waals surface area contributed by atoms with Gasteiger partial charge in [0.15, 0.2) is 4.67 Å². The fourth-order valence-corrected chi connectivity index (χ4v) is 3.58. The van der Waals surface area contributed by atoms with E-state index in [4.69, 9.17) is 4.42 Å². The van der Waals surface area contributed by atoms with Crippen molar-refractivity contribution in [2.24, 2.45) is 0 Å². The van der Waals surface area contributed by atoms with Crippen LogP contribution >= 0.6 is 15.9 Å². The van der Waals surface area contributed by atoms with Crippen LogP contribution in [0.4, 0.5) is 0 Å². The van der Waals surface area contributed by atoms with Crippen molar-refractivity contribution in [1.82, 2.24) is 10.0 Å². The number of rotatable bonds is 6. The highest BCUT2D eigenvalue weighted by Crippen LogP contribution is 2.26. The van der Waals surface area contributed by atoms with Crippen molar-refractivity contribution >= 4 is 26.0 Å². The van der Waals surface area contributed by atoms with Crippen molar-refractivity contribution in [2.45, 2.75) is 37.8 Å². The van der Waals surface area contributed by atoms with Gasteiger partial charge >= 0.3 is 0 Å². The molecule has 0 radical (unpaired) electrons. The molecule has 0 saturated heterocycles. The van der Waals surface area contributed by atoms with Crippen LogP contribution in [0.3, 0.4) is 0 Å². The van der Waals surface area contributed by atoms with Crippen LogP contribution in [-0.2, 0) is 16.6 Å². The van der Waals surface area contributed by atoms with Crippen LogP contribution in [0.5, 0.6) is 0 Å². The Hall–Kier alpha value is -0.370. The first-order valence-electron chi connectivity index (χ1n) is 5.35. The van der Waals surface area contributed by atoms with E-state index < -0.39 is 10.0 Å². The molecule has 0 amide bonds. The number of hydrogen-bond acceptors (Lipinski definition) is 4. The molecular weight excluding hydrogens is 308 g/mol. The van der Waals surface area contributed by atoms with Gasteiger partial charge in [-0.1, -0.05) is 6.92 Å². The van der Waals surface area contributed by atoms with Gasteiger partial charge in [0.25, 0.3) is 0 Å². The lowest BCUT2D eigenvalue weighted by molar-refractivity contribution is 0.469.